The van der Waals surface area contributed by atoms with Gasteiger partial charge in [0.2, 0.25) is 0 Å². The van der Waals surface area contributed by atoms with Crippen molar-refractivity contribution in [2.45, 2.75) is 50.9 Å². The molecule has 1 saturated carbocycles. The Morgan fingerprint density at radius 3 is 2.68 bits per heavy atom. The number of rotatable bonds is 6. The van der Waals surface area contributed by atoms with Crippen molar-refractivity contribution in [3.8, 4) is 0 Å². The van der Waals surface area contributed by atoms with Gasteiger partial charge in [0, 0.05) is 31.2 Å². The number of Topliss-reactive ketones (excluding diaryl/α,β-unsaturated/α-hetero) is 1. The molecule has 0 saturated heterocycles. The fourth-order valence-electron chi connectivity index (χ4n) is 3.21. The van der Waals surface area contributed by atoms with Crippen molar-refractivity contribution in [1.29, 1.82) is 0 Å². The summed E-state index contributed by atoms with van der Waals surface area (Å²) in [5.74, 6) is -1.64. The SMILES string of the molecule is CC(=O)CCC(=O)O[C@@H]1[C@@H](CO)C[C@@H](n2ccc(=O)[nH]c2=O)C1(C)F. The lowest BCUT2D eigenvalue weighted by atomic mass is 9.98. The number of aromatic amines is 1. The number of carbonyl (C=O) groups is 2. The van der Waals surface area contributed by atoms with E-state index in [0.29, 0.717) is 0 Å². The van der Waals surface area contributed by atoms with E-state index in [1.165, 1.54) is 20.0 Å². The van der Waals surface area contributed by atoms with E-state index in [1.807, 2.05) is 0 Å². The molecule has 25 heavy (non-hydrogen) atoms. The minimum atomic E-state index is -2.14. The largest absolute Gasteiger partial charge is 0.458 e. The lowest BCUT2D eigenvalue weighted by Gasteiger charge is -2.30. The molecule has 0 radical (unpaired) electrons. The van der Waals surface area contributed by atoms with Crippen molar-refractivity contribution in [2.75, 3.05) is 6.61 Å². The standard InChI is InChI=1S/C16H21FN2O6/c1-9(21)3-4-13(23)25-14-10(8-20)7-11(16(14,2)17)19-6-5-12(22)18-15(19)24/h5-6,10-11,14,20H,3-4,7-8H2,1-2H3,(H,18,22,24)/t10-,11-,14-,16?/m1/s1. The molecule has 1 fully saturated rings. The van der Waals surface area contributed by atoms with Crippen molar-refractivity contribution in [3.63, 3.8) is 0 Å². The molecular formula is C16H21FN2O6. The Morgan fingerprint density at radius 1 is 1.44 bits per heavy atom. The van der Waals surface area contributed by atoms with Crippen LogP contribution in [0.5, 0.6) is 0 Å². The first-order valence-corrected chi connectivity index (χ1v) is 7.97. The Hall–Kier alpha value is -2.29. The maximum atomic E-state index is 15.4. The van der Waals surface area contributed by atoms with Crippen LogP contribution in [0.25, 0.3) is 0 Å². The quantitative estimate of drug-likeness (QED) is 0.698. The highest BCUT2D eigenvalue weighted by atomic mass is 19.1. The molecule has 9 heteroatoms. The number of hydrogen-bond acceptors (Lipinski definition) is 6. The van der Waals surface area contributed by atoms with Crippen LogP contribution in [0.3, 0.4) is 0 Å². The van der Waals surface area contributed by atoms with E-state index in [0.717, 1.165) is 10.6 Å². The van der Waals surface area contributed by atoms with Gasteiger partial charge in [0.05, 0.1) is 12.5 Å². The van der Waals surface area contributed by atoms with Crippen molar-refractivity contribution < 1.29 is 23.8 Å². The first-order valence-electron chi connectivity index (χ1n) is 7.97. The second-order valence-electron chi connectivity index (χ2n) is 6.48. The molecule has 0 amide bonds. The molecule has 138 valence electrons. The molecule has 0 aromatic carbocycles. The number of halogens is 1. The molecule has 4 atom stereocenters. The van der Waals surface area contributed by atoms with Crippen LogP contribution >= 0.6 is 0 Å². The minimum Gasteiger partial charge on any atom is -0.458 e. The summed E-state index contributed by atoms with van der Waals surface area (Å²) in [5, 5.41) is 9.52. The average molecular weight is 356 g/mol. The molecule has 2 rings (SSSR count). The summed E-state index contributed by atoms with van der Waals surface area (Å²) in [6.07, 6.45) is -0.219. The van der Waals surface area contributed by atoms with Crippen molar-refractivity contribution >= 4 is 11.8 Å². The number of ether oxygens (including phenoxy) is 1. The number of carbonyl (C=O) groups excluding carboxylic acids is 2. The van der Waals surface area contributed by atoms with E-state index in [2.05, 4.69) is 4.98 Å². The lowest BCUT2D eigenvalue weighted by molar-refractivity contribution is -0.160. The van der Waals surface area contributed by atoms with Crippen LogP contribution in [0.1, 0.15) is 39.2 Å². The predicted octanol–water partition coefficient (Wildman–Crippen LogP) is 0.0991. The lowest BCUT2D eigenvalue weighted by Crippen LogP contribution is -2.44. The zero-order chi connectivity index (χ0) is 18.8. The predicted molar refractivity (Wildman–Crippen MR) is 84.9 cm³/mol. The molecule has 0 bridgehead atoms. The van der Waals surface area contributed by atoms with Crippen LogP contribution in [-0.4, -0.2) is 44.8 Å². The van der Waals surface area contributed by atoms with Crippen LogP contribution in [0.2, 0.25) is 0 Å². The van der Waals surface area contributed by atoms with Crippen molar-refractivity contribution in [3.05, 3.63) is 33.1 Å². The van der Waals surface area contributed by atoms with Gasteiger partial charge in [-0.3, -0.25) is 19.1 Å². The van der Waals surface area contributed by atoms with Crippen molar-refractivity contribution in [1.82, 2.24) is 9.55 Å². The summed E-state index contributed by atoms with van der Waals surface area (Å²) in [6.45, 7) is 2.09. The van der Waals surface area contributed by atoms with Gasteiger partial charge in [-0.1, -0.05) is 0 Å². The van der Waals surface area contributed by atoms with Gasteiger partial charge in [-0.25, -0.2) is 9.18 Å². The zero-order valence-electron chi connectivity index (χ0n) is 14.0. The van der Waals surface area contributed by atoms with Gasteiger partial charge in [-0.05, 0) is 20.3 Å². The van der Waals surface area contributed by atoms with Crippen LogP contribution in [-0.2, 0) is 14.3 Å². The fraction of sp³-hybridized carbons (Fsp3) is 0.625. The Labute approximate surface area is 142 Å². The number of esters is 1. The highest BCUT2D eigenvalue weighted by Gasteiger charge is 2.56. The number of ketones is 1. The summed E-state index contributed by atoms with van der Waals surface area (Å²) in [7, 11) is 0. The summed E-state index contributed by atoms with van der Waals surface area (Å²) in [5.41, 5.74) is -3.52. The maximum Gasteiger partial charge on any atom is 0.328 e. The molecule has 1 heterocycles. The van der Waals surface area contributed by atoms with E-state index in [9.17, 15) is 24.3 Å². The third-order valence-electron chi connectivity index (χ3n) is 4.52. The summed E-state index contributed by atoms with van der Waals surface area (Å²) in [6, 6.07) is 0.0806. The number of H-pyrrole nitrogens is 1. The highest BCUT2D eigenvalue weighted by molar-refractivity contribution is 5.81. The first kappa shape index (κ1) is 19.0. The Bertz CT molecular complexity index is 768. The molecule has 0 spiro atoms. The number of alkyl halides is 1. The monoisotopic (exact) mass is 356 g/mol. The van der Waals surface area contributed by atoms with Crippen LogP contribution in [0.4, 0.5) is 4.39 Å². The number of hydrogen-bond donors (Lipinski definition) is 2. The van der Waals surface area contributed by atoms with Gasteiger partial charge < -0.3 is 14.6 Å². The molecule has 1 aliphatic rings. The molecule has 1 unspecified atom stereocenters. The number of aromatic nitrogens is 2. The number of aliphatic hydroxyl groups excluding tert-OH is 1. The van der Waals surface area contributed by atoms with E-state index in [4.69, 9.17) is 4.74 Å². The third-order valence-corrected chi connectivity index (χ3v) is 4.52. The van der Waals surface area contributed by atoms with E-state index in [1.54, 1.807) is 0 Å². The maximum absolute atomic E-state index is 15.4. The fourth-order valence-corrected chi connectivity index (χ4v) is 3.21. The van der Waals surface area contributed by atoms with Gasteiger partial charge >= 0.3 is 11.7 Å². The van der Waals surface area contributed by atoms with Gasteiger partial charge in [0.1, 0.15) is 11.9 Å². The van der Waals surface area contributed by atoms with Crippen molar-refractivity contribution in [2.24, 2.45) is 5.92 Å². The molecule has 1 aromatic heterocycles. The van der Waals surface area contributed by atoms with Gasteiger partial charge in [0.15, 0.2) is 5.67 Å². The highest BCUT2D eigenvalue weighted by Crippen LogP contribution is 2.46. The van der Waals surface area contributed by atoms with E-state index in [-0.39, 0.29) is 25.0 Å². The van der Waals surface area contributed by atoms with E-state index < -0.39 is 47.6 Å². The molecule has 0 aliphatic heterocycles. The minimum absolute atomic E-state index is 0.0127. The molecule has 1 aromatic rings. The Balaban J connectivity index is 2.26. The molecule has 8 nitrogen and oxygen atoms in total. The Morgan fingerprint density at radius 2 is 2.12 bits per heavy atom. The summed E-state index contributed by atoms with van der Waals surface area (Å²) in [4.78, 5) is 48.0. The number of nitrogens with zero attached hydrogens (tertiary/aromatic N) is 1. The van der Waals surface area contributed by atoms with Gasteiger partial charge in [-0.2, -0.15) is 0 Å². The van der Waals surface area contributed by atoms with Crippen LogP contribution in [0.15, 0.2) is 21.9 Å². The first-order chi connectivity index (χ1) is 11.7. The van der Waals surface area contributed by atoms with Crippen LogP contribution < -0.4 is 11.2 Å². The summed E-state index contributed by atoms with van der Waals surface area (Å²) >= 11 is 0. The second-order valence-corrected chi connectivity index (χ2v) is 6.48. The number of aliphatic hydroxyl groups is 1. The van der Waals surface area contributed by atoms with Crippen LogP contribution in [0, 0.1) is 5.92 Å². The Kier molecular flexibility index (Phi) is 5.56. The normalized spacial score (nSPS) is 28.7. The third kappa shape index (κ3) is 4.04. The topological polar surface area (TPSA) is 118 Å². The van der Waals surface area contributed by atoms with Gasteiger partial charge in [-0.15, -0.1) is 0 Å². The molecule has 1 aliphatic carbocycles. The molecular weight excluding hydrogens is 335 g/mol. The zero-order valence-corrected chi connectivity index (χ0v) is 14.0. The summed E-state index contributed by atoms with van der Waals surface area (Å²) < 4.78 is 21.6. The molecule has 2 N–H and O–H groups in total. The number of nitrogens with one attached hydrogen (secondary N) is 1. The van der Waals surface area contributed by atoms with Gasteiger partial charge in [0.25, 0.3) is 5.56 Å². The smallest absolute Gasteiger partial charge is 0.328 e. The second kappa shape index (κ2) is 7.30. The van der Waals surface area contributed by atoms with E-state index >= 15 is 4.39 Å². The average Bonchev–Trinajstić information content (AvgIpc) is 2.76.